The number of nitrogens with zero attached hydrogens (tertiary/aromatic N) is 1. The molecule has 4 N–H and O–H groups in total. The van der Waals surface area contributed by atoms with Crippen LogP contribution in [0.4, 0.5) is 0 Å². The number of amides is 1. The highest BCUT2D eigenvalue weighted by atomic mass is 16.3. The van der Waals surface area contributed by atoms with Crippen molar-refractivity contribution in [2.75, 3.05) is 6.54 Å². The molecule has 5 aliphatic rings. The van der Waals surface area contributed by atoms with Gasteiger partial charge in [0, 0.05) is 11.1 Å². The van der Waals surface area contributed by atoms with Gasteiger partial charge < -0.3 is 20.4 Å². The molecule has 4 saturated carbocycles. The van der Waals surface area contributed by atoms with Crippen LogP contribution in [0, 0.1) is 23.7 Å². The lowest BCUT2D eigenvalue weighted by Gasteiger charge is -2.59. The second kappa shape index (κ2) is 5.38. The summed E-state index contributed by atoms with van der Waals surface area (Å²) in [6.45, 7) is 0.319. The Morgan fingerprint density at radius 3 is 2.89 bits per heavy atom. The largest absolute Gasteiger partial charge is 0.507 e. The van der Waals surface area contributed by atoms with Crippen LogP contribution < -0.4 is 16.5 Å². The average Bonchev–Trinajstić information content (AvgIpc) is 2.98. The molecule has 1 amide bonds. The summed E-state index contributed by atoms with van der Waals surface area (Å²) >= 11 is 0. The van der Waals surface area contributed by atoms with E-state index in [0.717, 1.165) is 24.3 Å². The van der Waals surface area contributed by atoms with Gasteiger partial charge in [0.2, 0.25) is 5.91 Å². The standard InChI is InChI=1S/C22H24N2O4/c23-21(26)12-7-16(25)18-17(8-12)28-20-15-6-11-5-14(13(11)4-10-2-1-3-10)22(15,27)9-24-19(18)20/h7-8,10-11,13-14,25,27H,1-6,9H2,(H2,23,26)/t11?,13?,14-,22+/m1/s1. The van der Waals surface area contributed by atoms with Crippen molar-refractivity contribution in [3.63, 3.8) is 0 Å². The van der Waals surface area contributed by atoms with Gasteiger partial charge in [-0.3, -0.25) is 9.79 Å². The molecule has 0 saturated heterocycles. The first-order valence-corrected chi connectivity index (χ1v) is 10.3. The fraction of sp³-hybridized carbons (Fsp3) is 0.545. The van der Waals surface area contributed by atoms with E-state index in [2.05, 4.69) is 4.99 Å². The maximum absolute atomic E-state index is 11.6. The molecule has 4 atom stereocenters. The molecule has 146 valence electrons. The number of hydrogen-bond acceptors (Lipinski definition) is 5. The van der Waals surface area contributed by atoms with Gasteiger partial charge in [0.25, 0.3) is 0 Å². The van der Waals surface area contributed by atoms with Crippen LogP contribution in [0.1, 0.15) is 48.9 Å². The van der Waals surface area contributed by atoms with Crippen LogP contribution in [0.5, 0.6) is 5.75 Å². The molecule has 2 unspecified atom stereocenters. The van der Waals surface area contributed by atoms with E-state index in [9.17, 15) is 15.0 Å². The summed E-state index contributed by atoms with van der Waals surface area (Å²) in [4.78, 5) is 16.2. The van der Waals surface area contributed by atoms with E-state index in [1.165, 1.54) is 31.7 Å². The number of furan rings is 1. The maximum Gasteiger partial charge on any atom is 0.248 e. The molecular weight excluding hydrogens is 356 g/mol. The summed E-state index contributed by atoms with van der Waals surface area (Å²) in [6, 6.07) is 2.91. The van der Waals surface area contributed by atoms with Crippen LogP contribution in [0.15, 0.2) is 21.5 Å². The van der Waals surface area contributed by atoms with Crippen molar-refractivity contribution in [2.45, 2.75) is 44.1 Å². The number of nitrogens with two attached hydrogens (primary N) is 1. The number of phenolic OH excluding ortho intramolecular Hbond substituents is 1. The third kappa shape index (κ3) is 2.01. The highest BCUT2D eigenvalue weighted by Crippen LogP contribution is 2.61. The van der Waals surface area contributed by atoms with Crippen molar-refractivity contribution >= 4 is 22.4 Å². The smallest absolute Gasteiger partial charge is 0.248 e. The van der Waals surface area contributed by atoms with Gasteiger partial charge in [-0.25, -0.2) is 0 Å². The maximum atomic E-state index is 11.6. The van der Waals surface area contributed by atoms with Crippen LogP contribution in [0.25, 0.3) is 16.5 Å². The predicted octanol–water partition coefficient (Wildman–Crippen LogP) is 1.60. The Balaban J connectivity index is 1.49. The molecule has 4 fully saturated rings. The number of primary amides is 1. The van der Waals surface area contributed by atoms with Gasteiger partial charge in [-0.05, 0) is 55.1 Å². The number of aromatic hydroxyl groups is 1. The molecule has 0 spiro atoms. The van der Waals surface area contributed by atoms with Gasteiger partial charge >= 0.3 is 0 Å². The van der Waals surface area contributed by atoms with Crippen LogP contribution in [0.3, 0.4) is 0 Å². The van der Waals surface area contributed by atoms with Crippen molar-refractivity contribution in [1.29, 1.82) is 0 Å². The van der Waals surface area contributed by atoms with E-state index in [-0.39, 0.29) is 17.2 Å². The van der Waals surface area contributed by atoms with E-state index in [1.54, 1.807) is 6.07 Å². The lowest BCUT2D eigenvalue weighted by Crippen LogP contribution is -2.63. The Hall–Kier alpha value is -2.34. The third-order valence-electron chi connectivity index (χ3n) is 7.89. The van der Waals surface area contributed by atoms with Crippen molar-refractivity contribution < 1.29 is 19.4 Å². The summed E-state index contributed by atoms with van der Waals surface area (Å²) in [7, 11) is 0. The molecule has 1 aliphatic heterocycles. The van der Waals surface area contributed by atoms with E-state index in [4.69, 9.17) is 10.2 Å². The molecule has 0 radical (unpaired) electrons. The number of fused-ring (bicyclic) bond motifs is 3. The zero-order valence-corrected chi connectivity index (χ0v) is 15.6. The number of phenols is 1. The second-order valence-corrected chi connectivity index (χ2v) is 9.23. The number of hydrogen-bond donors (Lipinski definition) is 3. The van der Waals surface area contributed by atoms with Crippen molar-refractivity contribution in [3.8, 4) is 5.75 Å². The van der Waals surface area contributed by atoms with Crippen molar-refractivity contribution in [2.24, 2.45) is 34.4 Å². The number of aliphatic hydroxyl groups is 1. The molecule has 2 bridgehead atoms. The molecule has 6 heteroatoms. The monoisotopic (exact) mass is 380 g/mol. The molecule has 2 aromatic rings. The van der Waals surface area contributed by atoms with Gasteiger partial charge in [0.1, 0.15) is 22.3 Å². The first kappa shape index (κ1) is 16.6. The lowest BCUT2D eigenvalue weighted by molar-refractivity contribution is -0.110. The Labute approximate surface area is 161 Å². The number of carbonyl (C=O) groups is 1. The van der Waals surface area contributed by atoms with E-state index in [0.29, 0.717) is 40.1 Å². The lowest BCUT2D eigenvalue weighted by atomic mass is 9.47. The molecule has 2 heterocycles. The minimum atomic E-state index is -0.938. The highest BCUT2D eigenvalue weighted by Gasteiger charge is 2.60. The molecule has 1 aromatic heterocycles. The minimum Gasteiger partial charge on any atom is -0.507 e. The van der Waals surface area contributed by atoms with Gasteiger partial charge in [-0.15, -0.1) is 0 Å². The van der Waals surface area contributed by atoms with Crippen LogP contribution in [-0.2, 0) is 0 Å². The molecule has 4 aliphatic carbocycles. The van der Waals surface area contributed by atoms with Gasteiger partial charge in [-0.2, -0.15) is 0 Å². The molecule has 6 nitrogen and oxygen atoms in total. The predicted molar refractivity (Wildman–Crippen MR) is 102 cm³/mol. The quantitative estimate of drug-likeness (QED) is 0.751. The van der Waals surface area contributed by atoms with Crippen LogP contribution in [0.2, 0.25) is 0 Å². The summed E-state index contributed by atoms with van der Waals surface area (Å²) in [5, 5.41) is 23.2. The molecule has 7 rings (SSSR count). The number of benzene rings is 1. The zero-order valence-electron chi connectivity index (χ0n) is 15.6. The Morgan fingerprint density at radius 2 is 2.18 bits per heavy atom. The van der Waals surface area contributed by atoms with Crippen molar-refractivity contribution in [3.05, 3.63) is 28.5 Å². The summed E-state index contributed by atoms with van der Waals surface area (Å²) in [5.41, 5.74) is 6.52. The summed E-state index contributed by atoms with van der Waals surface area (Å²) in [6.07, 6.45) is 7.16. The first-order valence-electron chi connectivity index (χ1n) is 10.3. The van der Waals surface area contributed by atoms with Crippen LogP contribution in [-0.4, -0.2) is 28.3 Å². The Morgan fingerprint density at radius 1 is 1.36 bits per heavy atom. The molecule has 1 aromatic carbocycles. The summed E-state index contributed by atoms with van der Waals surface area (Å²) < 4.78 is 6.06. The fourth-order valence-corrected chi connectivity index (χ4v) is 6.12. The number of rotatable bonds is 3. The van der Waals surface area contributed by atoms with Gasteiger partial charge in [-0.1, -0.05) is 19.3 Å². The normalized spacial score (nSPS) is 33.5. The Bertz CT molecular complexity index is 1150. The molecular formula is C22H24N2O4. The van der Waals surface area contributed by atoms with Gasteiger partial charge in [0.05, 0.1) is 11.9 Å². The third-order valence-corrected chi connectivity index (χ3v) is 7.89. The van der Waals surface area contributed by atoms with E-state index < -0.39 is 11.5 Å². The van der Waals surface area contributed by atoms with E-state index >= 15 is 0 Å². The zero-order chi connectivity index (χ0) is 19.2. The first-order chi connectivity index (χ1) is 13.5. The molecule has 28 heavy (non-hydrogen) atoms. The number of carbonyl (C=O) groups excluding carboxylic acids is 1. The highest BCUT2D eigenvalue weighted by molar-refractivity contribution is 5.98. The van der Waals surface area contributed by atoms with E-state index in [1.807, 2.05) is 0 Å². The second-order valence-electron chi connectivity index (χ2n) is 9.23. The average molecular weight is 380 g/mol. The topological polar surface area (TPSA) is 109 Å². The fourth-order valence-electron chi connectivity index (χ4n) is 6.12. The summed E-state index contributed by atoms with van der Waals surface area (Å²) in [5.74, 6) is 1.61. The Kier molecular flexibility index (Phi) is 3.19. The minimum absolute atomic E-state index is 0.0603. The van der Waals surface area contributed by atoms with Crippen LogP contribution >= 0.6 is 0 Å². The van der Waals surface area contributed by atoms with Crippen molar-refractivity contribution in [1.82, 2.24) is 0 Å². The SMILES string of the molecule is NC(=O)c1cc(O)c2c3c(oc2c1)=C1CC2C[C@H](C2CC2CCC2)[C@@]1(O)CN=3. The van der Waals surface area contributed by atoms with Gasteiger partial charge in [0.15, 0.2) is 5.42 Å².